The lowest BCUT2D eigenvalue weighted by atomic mass is 10.0. The average molecular weight is 409 g/mol. The number of hydrogen-bond acceptors (Lipinski definition) is 5. The molecule has 1 aromatic heterocycles. The minimum absolute atomic E-state index is 0.0220. The third kappa shape index (κ3) is 4.86. The molecule has 2 N–H and O–H groups in total. The maximum atomic E-state index is 12.4. The summed E-state index contributed by atoms with van der Waals surface area (Å²) in [6.45, 7) is 1.80. The second-order valence-electron chi connectivity index (χ2n) is 7.00. The minimum atomic E-state index is -1.11. The first-order chi connectivity index (χ1) is 14.4. The normalized spacial score (nSPS) is 11.8. The Bertz CT molecular complexity index is 1120. The number of amides is 1. The SMILES string of the molecule is COc1ccc2c(C)c(CCC(=O)N[C@@H](Cc3ccccc3)C(=O)O)c(=O)oc2c1. The number of carbonyl (C=O) groups excluding carboxylic acids is 1. The van der Waals surface area contributed by atoms with Gasteiger partial charge in [-0.15, -0.1) is 0 Å². The number of benzene rings is 2. The molecule has 7 nitrogen and oxygen atoms in total. The third-order valence-corrected chi connectivity index (χ3v) is 5.01. The van der Waals surface area contributed by atoms with Crippen LogP contribution in [0.5, 0.6) is 5.75 Å². The van der Waals surface area contributed by atoms with Crippen molar-refractivity contribution in [2.45, 2.75) is 32.2 Å². The Morgan fingerprint density at radius 3 is 2.57 bits per heavy atom. The predicted octanol–water partition coefficient (Wildman–Crippen LogP) is 2.85. The van der Waals surface area contributed by atoms with Crippen molar-refractivity contribution in [1.29, 1.82) is 0 Å². The first kappa shape index (κ1) is 21.1. The number of carbonyl (C=O) groups is 2. The number of methoxy groups -OCH3 is 1. The zero-order valence-corrected chi connectivity index (χ0v) is 16.8. The molecule has 0 aliphatic heterocycles. The number of ether oxygens (including phenoxy) is 1. The largest absolute Gasteiger partial charge is 0.497 e. The van der Waals surface area contributed by atoms with E-state index in [9.17, 15) is 19.5 Å². The molecule has 30 heavy (non-hydrogen) atoms. The molecule has 0 aliphatic rings. The van der Waals surface area contributed by atoms with Crippen LogP contribution in [0.1, 0.15) is 23.1 Å². The molecule has 1 heterocycles. The smallest absolute Gasteiger partial charge is 0.339 e. The molecule has 0 bridgehead atoms. The molecule has 3 aromatic rings. The summed E-state index contributed by atoms with van der Waals surface area (Å²) in [5.41, 5.74) is 1.85. The third-order valence-electron chi connectivity index (χ3n) is 5.01. The number of rotatable bonds is 8. The van der Waals surface area contributed by atoms with Crippen molar-refractivity contribution < 1.29 is 23.8 Å². The van der Waals surface area contributed by atoms with Gasteiger partial charge in [0.2, 0.25) is 5.91 Å². The van der Waals surface area contributed by atoms with Gasteiger partial charge in [0.15, 0.2) is 0 Å². The molecular weight excluding hydrogens is 386 g/mol. The zero-order chi connectivity index (χ0) is 21.7. The van der Waals surface area contributed by atoms with Crippen molar-refractivity contribution >= 4 is 22.8 Å². The van der Waals surface area contributed by atoms with Crippen molar-refractivity contribution in [3.63, 3.8) is 0 Å². The van der Waals surface area contributed by atoms with Crippen LogP contribution < -0.4 is 15.7 Å². The summed E-state index contributed by atoms with van der Waals surface area (Å²) >= 11 is 0. The highest BCUT2D eigenvalue weighted by Crippen LogP contribution is 2.24. The molecule has 0 aliphatic carbocycles. The summed E-state index contributed by atoms with van der Waals surface area (Å²) in [5, 5.41) is 12.7. The van der Waals surface area contributed by atoms with Crippen LogP contribution >= 0.6 is 0 Å². The highest BCUT2D eigenvalue weighted by Gasteiger charge is 2.21. The van der Waals surface area contributed by atoms with E-state index < -0.39 is 23.5 Å². The van der Waals surface area contributed by atoms with E-state index in [0.29, 0.717) is 16.9 Å². The van der Waals surface area contributed by atoms with Gasteiger partial charge in [0.05, 0.1) is 7.11 Å². The molecule has 0 radical (unpaired) electrons. The highest BCUT2D eigenvalue weighted by molar-refractivity contribution is 5.85. The second-order valence-corrected chi connectivity index (χ2v) is 7.00. The molecule has 0 unspecified atom stereocenters. The van der Waals surface area contributed by atoms with Crippen LogP contribution in [0.4, 0.5) is 0 Å². The Labute approximate surface area is 173 Å². The Hall–Kier alpha value is -3.61. The number of aryl methyl sites for hydroxylation is 1. The van der Waals surface area contributed by atoms with E-state index in [4.69, 9.17) is 9.15 Å². The highest BCUT2D eigenvalue weighted by atomic mass is 16.5. The fourth-order valence-corrected chi connectivity index (χ4v) is 3.35. The predicted molar refractivity (Wildman–Crippen MR) is 112 cm³/mol. The van der Waals surface area contributed by atoms with Gasteiger partial charge in [0, 0.05) is 29.9 Å². The van der Waals surface area contributed by atoms with E-state index in [1.807, 2.05) is 18.2 Å². The molecule has 0 saturated carbocycles. The summed E-state index contributed by atoms with van der Waals surface area (Å²) in [7, 11) is 1.53. The summed E-state index contributed by atoms with van der Waals surface area (Å²) in [5.74, 6) is -0.968. The van der Waals surface area contributed by atoms with Gasteiger partial charge in [-0.3, -0.25) is 4.79 Å². The fraction of sp³-hybridized carbons (Fsp3) is 0.261. The number of carboxylic acid groups (broad SMARTS) is 1. The van der Waals surface area contributed by atoms with Gasteiger partial charge in [-0.05, 0) is 36.6 Å². The lowest BCUT2D eigenvalue weighted by Crippen LogP contribution is -2.42. The van der Waals surface area contributed by atoms with E-state index in [1.54, 1.807) is 37.3 Å². The van der Waals surface area contributed by atoms with Crippen LogP contribution in [0.3, 0.4) is 0 Å². The first-order valence-electron chi connectivity index (χ1n) is 9.55. The van der Waals surface area contributed by atoms with Gasteiger partial charge in [0.1, 0.15) is 17.4 Å². The molecule has 0 fully saturated rings. The van der Waals surface area contributed by atoms with Crippen molar-refractivity contribution in [3.8, 4) is 5.75 Å². The summed E-state index contributed by atoms with van der Waals surface area (Å²) in [6.07, 6.45) is 0.312. The van der Waals surface area contributed by atoms with Crippen LogP contribution in [-0.2, 0) is 22.4 Å². The monoisotopic (exact) mass is 409 g/mol. The number of hydrogen-bond donors (Lipinski definition) is 2. The van der Waals surface area contributed by atoms with Gasteiger partial charge in [0.25, 0.3) is 0 Å². The van der Waals surface area contributed by atoms with Crippen molar-refractivity contribution in [2.24, 2.45) is 0 Å². The van der Waals surface area contributed by atoms with Gasteiger partial charge in [-0.1, -0.05) is 30.3 Å². The Morgan fingerprint density at radius 2 is 1.90 bits per heavy atom. The lowest BCUT2D eigenvalue weighted by Gasteiger charge is -2.15. The Balaban J connectivity index is 1.71. The van der Waals surface area contributed by atoms with Gasteiger partial charge in [-0.2, -0.15) is 0 Å². The first-order valence-corrected chi connectivity index (χ1v) is 9.55. The Kier molecular flexibility index (Phi) is 6.51. The minimum Gasteiger partial charge on any atom is -0.497 e. The van der Waals surface area contributed by atoms with Crippen LogP contribution in [0, 0.1) is 6.92 Å². The molecule has 1 atom stereocenters. The zero-order valence-electron chi connectivity index (χ0n) is 16.8. The maximum absolute atomic E-state index is 12.4. The second kappa shape index (κ2) is 9.26. The molecule has 7 heteroatoms. The molecule has 2 aromatic carbocycles. The van der Waals surface area contributed by atoms with Gasteiger partial charge in [-0.25, -0.2) is 9.59 Å². The number of carboxylic acids is 1. The Morgan fingerprint density at radius 1 is 1.17 bits per heavy atom. The number of fused-ring (bicyclic) bond motifs is 1. The summed E-state index contributed by atoms with van der Waals surface area (Å²) < 4.78 is 10.5. The molecule has 156 valence electrons. The van der Waals surface area contributed by atoms with Crippen molar-refractivity contribution in [3.05, 3.63) is 75.6 Å². The van der Waals surface area contributed by atoms with E-state index >= 15 is 0 Å². The van der Waals surface area contributed by atoms with Crippen molar-refractivity contribution in [2.75, 3.05) is 7.11 Å². The van der Waals surface area contributed by atoms with E-state index in [1.165, 1.54) is 7.11 Å². The van der Waals surface area contributed by atoms with Gasteiger partial charge >= 0.3 is 11.6 Å². The molecule has 3 rings (SSSR count). The molecule has 0 saturated heterocycles. The standard InChI is InChI=1S/C23H23NO6/c1-14-17-9-8-16(29-2)13-20(17)30-23(28)18(14)10-11-21(25)24-19(22(26)27)12-15-6-4-3-5-7-15/h3-9,13,19H,10-12H2,1-2H3,(H,24,25)(H,26,27)/t19-/m0/s1. The number of aliphatic carboxylic acids is 1. The number of nitrogens with one attached hydrogen (secondary N) is 1. The quantitative estimate of drug-likeness (QED) is 0.554. The molecule has 0 spiro atoms. The van der Waals surface area contributed by atoms with Crippen LogP contribution in [0.25, 0.3) is 11.0 Å². The summed E-state index contributed by atoms with van der Waals surface area (Å²) in [6, 6.07) is 13.2. The molecule has 1 amide bonds. The van der Waals surface area contributed by atoms with E-state index in [-0.39, 0.29) is 19.3 Å². The topological polar surface area (TPSA) is 106 Å². The fourth-order valence-electron chi connectivity index (χ4n) is 3.35. The van der Waals surface area contributed by atoms with Crippen molar-refractivity contribution in [1.82, 2.24) is 5.32 Å². The average Bonchev–Trinajstić information content (AvgIpc) is 2.73. The van der Waals surface area contributed by atoms with E-state index in [0.717, 1.165) is 16.5 Å². The van der Waals surface area contributed by atoms with E-state index in [2.05, 4.69) is 5.32 Å². The lowest BCUT2D eigenvalue weighted by molar-refractivity contribution is -0.141. The summed E-state index contributed by atoms with van der Waals surface area (Å²) in [4.78, 5) is 36.3. The van der Waals surface area contributed by atoms with Crippen LogP contribution in [-0.4, -0.2) is 30.1 Å². The van der Waals surface area contributed by atoms with Crippen LogP contribution in [0.2, 0.25) is 0 Å². The maximum Gasteiger partial charge on any atom is 0.339 e. The van der Waals surface area contributed by atoms with Crippen LogP contribution in [0.15, 0.2) is 57.7 Å². The van der Waals surface area contributed by atoms with Gasteiger partial charge < -0.3 is 19.6 Å². The molecular formula is C23H23NO6.